The van der Waals surface area contributed by atoms with Crippen LogP contribution in [0.3, 0.4) is 0 Å². The fourth-order valence-electron chi connectivity index (χ4n) is 3.69. The molecule has 0 N–H and O–H groups in total. The van der Waals surface area contributed by atoms with Crippen LogP contribution in [0.5, 0.6) is 0 Å². The summed E-state index contributed by atoms with van der Waals surface area (Å²) in [4.78, 5) is 45.2. The summed E-state index contributed by atoms with van der Waals surface area (Å²) in [7, 11) is 0. The lowest BCUT2D eigenvalue weighted by molar-refractivity contribution is -0.131. The van der Waals surface area contributed by atoms with E-state index in [0.29, 0.717) is 43.6 Å². The second kappa shape index (κ2) is 8.44. The fraction of sp³-hybridized carbons (Fsp3) is 0.273. The average Bonchev–Trinajstić information content (AvgIpc) is 3.02. The van der Waals surface area contributed by atoms with Gasteiger partial charge in [-0.15, -0.1) is 0 Å². The second-order valence-electron chi connectivity index (χ2n) is 7.18. The number of fused-ring (bicyclic) bond motifs is 1. The van der Waals surface area contributed by atoms with Gasteiger partial charge in [-0.3, -0.25) is 19.0 Å². The van der Waals surface area contributed by atoms with E-state index in [9.17, 15) is 18.8 Å². The molecule has 2 amide bonds. The second-order valence-corrected chi connectivity index (χ2v) is 7.18. The Balaban J connectivity index is 1.47. The van der Waals surface area contributed by atoms with Crippen LogP contribution in [0.1, 0.15) is 16.8 Å². The molecule has 1 fully saturated rings. The van der Waals surface area contributed by atoms with Crippen molar-refractivity contribution in [3.8, 4) is 0 Å². The van der Waals surface area contributed by atoms with E-state index in [1.165, 1.54) is 22.9 Å². The Kier molecular flexibility index (Phi) is 5.56. The van der Waals surface area contributed by atoms with Gasteiger partial charge in [0.15, 0.2) is 0 Å². The van der Waals surface area contributed by atoms with E-state index in [0.717, 1.165) is 0 Å². The van der Waals surface area contributed by atoms with Crippen LogP contribution in [-0.2, 0) is 11.3 Å². The molecule has 1 aliphatic rings. The Morgan fingerprint density at radius 3 is 2.47 bits per heavy atom. The summed E-state index contributed by atoms with van der Waals surface area (Å²) in [6.45, 7) is 1.46. The SMILES string of the molecule is O=C(Cn1c(=O)cnc2ccccc21)N1CCCN(C(=O)c2ccccc2F)CC1. The Bertz CT molecular complexity index is 1160. The van der Waals surface area contributed by atoms with Crippen molar-refractivity contribution in [2.45, 2.75) is 13.0 Å². The highest BCUT2D eigenvalue weighted by Crippen LogP contribution is 2.14. The van der Waals surface area contributed by atoms with Crippen LogP contribution in [0.25, 0.3) is 11.0 Å². The molecule has 0 radical (unpaired) electrons. The van der Waals surface area contributed by atoms with Crippen LogP contribution < -0.4 is 5.56 Å². The van der Waals surface area contributed by atoms with Crippen molar-refractivity contribution in [2.75, 3.05) is 26.2 Å². The van der Waals surface area contributed by atoms with Crippen LogP contribution in [0.15, 0.2) is 59.5 Å². The van der Waals surface area contributed by atoms with Crippen LogP contribution in [0.4, 0.5) is 4.39 Å². The van der Waals surface area contributed by atoms with Gasteiger partial charge in [0.05, 0.1) is 22.8 Å². The molecule has 8 heteroatoms. The topological polar surface area (TPSA) is 75.5 Å². The number of para-hydroxylation sites is 2. The highest BCUT2D eigenvalue weighted by atomic mass is 19.1. The number of hydrogen-bond donors (Lipinski definition) is 0. The zero-order valence-electron chi connectivity index (χ0n) is 16.3. The van der Waals surface area contributed by atoms with Crippen molar-refractivity contribution in [3.05, 3.63) is 76.5 Å². The van der Waals surface area contributed by atoms with Gasteiger partial charge in [-0.05, 0) is 30.7 Å². The smallest absolute Gasteiger partial charge is 0.269 e. The molecule has 4 rings (SSSR count). The monoisotopic (exact) mass is 408 g/mol. The van der Waals surface area contributed by atoms with Gasteiger partial charge in [-0.25, -0.2) is 9.37 Å². The zero-order chi connectivity index (χ0) is 21.1. The van der Waals surface area contributed by atoms with Gasteiger partial charge in [-0.1, -0.05) is 24.3 Å². The molecule has 30 heavy (non-hydrogen) atoms. The minimum Gasteiger partial charge on any atom is -0.339 e. The summed E-state index contributed by atoms with van der Waals surface area (Å²) in [6, 6.07) is 13.1. The number of rotatable bonds is 3. The van der Waals surface area contributed by atoms with Crippen LogP contribution in [0.2, 0.25) is 0 Å². The molecule has 7 nitrogen and oxygen atoms in total. The lowest BCUT2D eigenvalue weighted by atomic mass is 10.2. The molecule has 2 aromatic carbocycles. The van der Waals surface area contributed by atoms with E-state index in [1.54, 1.807) is 40.1 Å². The number of hydrogen-bond acceptors (Lipinski definition) is 4. The van der Waals surface area contributed by atoms with E-state index in [1.807, 2.05) is 6.07 Å². The van der Waals surface area contributed by atoms with Gasteiger partial charge in [0.1, 0.15) is 12.4 Å². The first-order valence-corrected chi connectivity index (χ1v) is 9.81. The third-order valence-electron chi connectivity index (χ3n) is 5.29. The minimum atomic E-state index is -0.552. The predicted molar refractivity (Wildman–Crippen MR) is 110 cm³/mol. The minimum absolute atomic E-state index is 0.0343. The van der Waals surface area contributed by atoms with Crippen LogP contribution in [-0.4, -0.2) is 57.3 Å². The summed E-state index contributed by atoms with van der Waals surface area (Å²) in [5, 5.41) is 0. The average molecular weight is 408 g/mol. The van der Waals surface area contributed by atoms with Crippen molar-refractivity contribution in [1.29, 1.82) is 0 Å². The molecule has 0 bridgehead atoms. The maximum atomic E-state index is 14.0. The molecule has 0 unspecified atom stereocenters. The number of amides is 2. The van der Waals surface area contributed by atoms with Gasteiger partial charge in [0, 0.05) is 26.2 Å². The first-order valence-electron chi connectivity index (χ1n) is 9.81. The first-order chi connectivity index (χ1) is 14.5. The molecule has 1 aromatic heterocycles. The number of halogens is 1. The molecule has 1 saturated heterocycles. The van der Waals surface area contributed by atoms with Crippen molar-refractivity contribution in [3.63, 3.8) is 0 Å². The Labute approximate surface area is 172 Å². The van der Waals surface area contributed by atoms with E-state index >= 15 is 0 Å². The molecule has 154 valence electrons. The molecule has 2 heterocycles. The summed E-state index contributed by atoms with van der Waals surface area (Å²) in [5.74, 6) is -1.13. The normalized spacial score (nSPS) is 14.6. The molecule has 0 spiro atoms. The Morgan fingerprint density at radius 2 is 1.63 bits per heavy atom. The Morgan fingerprint density at radius 1 is 0.933 bits per heavy atom. The highest BCUT2D eigenvalue weighted by molar-refractivity contribution is 5.94. The third kappa shape index (κ3) is 3.94. The van der Waals surface area contributed by atoms with E-state index < -0.39 is 5.82 Å². The highest BCUT2D eigenvalue weighted by Gasteiger charge is 2.24. The first kappa shape index (κ1) is 19.8. The maximum absolute atomic E-state index is 14.0. The largest absolute Gasteiger partial charge is 0.339 e. The summed E-state index contributed by atoms with van der Waals surface area (Å²) in [5.41, 5.74) is 0.937. The fourth-order valence-corrected chi connectivity index (χ4v) is 3.69. The molecular weight excluding hydrogens is 387 g/mol. The lowest BCUT2D eigenvalue weighted by Gasteiger charge is -2.23. The molecule has 0 saturated carbocycles. The zero-order valence-corrected chi connectivity index (χ0v) is 16.3. The number of carbonyl (C=O) groups is 2. The van der Waals surface area contributed by atoms with E-state index in [4.69, 9.17) is 0 Å². The van der Waals surface area contributed by atoms with Gasteiger partial charge in [0.2, 0.25) is 5.91 Å². The summed E-state index contributed by atoms with van der Waals surface area (Å²) < 4.78 is 15.4. The quantitative estimate of drug-likeness (QED) is 0.664. The van der Waals surface area contributed by atoms with E-state index in [-0.39, 0.29) is 29.5 Å². The number of aromatic nitrogens is 2. The number of benzene rings is 2. The maximum Gasteiger partial charge on any atom is 0.269 e. The van der Waals surface area contributed by atoms with Gasteiger partial charge >= 0.3 is 0 Å². The standard InChI is InChI=1S/C22H21FN4O3/c23-17-7-2-1-6-16(17)22(30)26-11-5-10-25(12-13-26)21(29)15-27-19-9-4-3-8-18(19)24-14-20(27)28/h1-4,6-9,14H,5,10-13,15H2. The van der Waals surface area contributed by atoms with Crippen molar-refractivity contribution in [2.24, 2.45) is 0 Å². The molecule has 1 aliphatic heterocycles. The number of nitrogens with zero attached hydrogens (tertiary/aromatic N) is 4. The molecular formula is C22H21FN4O3. The third-order valence-corrected chi connectivity index (χ3v) is 5.29. The van der Waals surface area contributed by atoms with Crippen LogP contribution in [0, 0.1) is 5.82 Å². The Hall–Kier alpha value is -3.55. The summed E-state index contributed by atoms with van der Waals surface area (Å²) >= 11 is 0. The van der Waals surface area contributed by atoms with Crippen molar-refractivity contribution in [1.82, 2.24) is 19.4 Å². The number of carbonyl (C=O) groups excluding carboxylic acids is 2. The lowest BCUT2D eigenvalue weighted by Crippen LogP contribution is -2.40. The molecule has 0 aliphatic carbocycles. The predicted octanol–water partition coefficient (Wildman–Crippen LogP) is 1.91. The van der Waals surface area contributed by atoms with Gasteiger partial charge in [0.25, 0.3) is 11.5 Å². The van der Waals surface area contributed by atoms with E-state index in [2.05, 4.69) is 4.98 Å². The van der Waals surface area contributed by atoms with Gasteiger partial charge in [-0.2, -0.15) is 0 Å². The van der Waals surface area contributed by atoms with Crippen LogP contribution >= 0.6 is 0 Å². The van der Waals surface area contributed by atoms with Crippen molar-refractivity contribution >= 4 is 22.8 Å². The molecule has 0 atom stereocenters. The van der Waals surface area contributed by atoms with Gasteiger partial charge < -0.3 is 9.80 Å². The summed E-state index contributed by atoms with van der Waals surface area (Å²) in [6.07, 6.45) is 1.80. The molecule has 3 aromatic rings. The van der Waals surface area contributed by atoms with Crippen molar-refractivity contribution < 1.29 is 14.0 Å².